The number of rotatable bonds is 5. The van der Waals surface area contributed by atoms with Crippen LogP contribution in [0.3, 0.4) is 0 Å². The molecule has 0 aliphatic heterocycles. The predicted molar refractivity (Wildman–Crippen MR) is 81.6 cm³/mol. The molecule has 1 rings (SSSR count). The second-order valence-electron chi connectivity index (χ2n) is 4.99. The summed E-state index contributed by atoms with van der Waals surface area (Å²) in [5.41, 5.74) is 6.59. The topological polar surface area (TPSA) is 98.5 Å². The zero-order valence-electron chi connectivity index (χ0n) is 12.3. The van der Waals surface area contributed by atoms with Crippen molar-refractivity contribution in [1.29, 1.82) is 0 Å². The molecular formula is C13H19ClN2O4S. The summed E-state index contributed by atoms with van der Waals surface area (Å²) in [6.07, 6.45) is 0. The van der Waals surface area contributed by atoms with E-state index in [4.69, 9.17) is 17.3 Å². The number of nitrogen functional groups attached to an aromatic ring is 1. The van der Waals surface area contributed by atoms with Gasteiger partial charge in [-0.2, -0.15) is 4.72 Å². The van der Waals surface area contributed by atoms with Crippen LogP contribution in [0.2, 0.25) is 5.02 Å². The second kappa shape index (κ2) is 6.64. The Labute approximate surface area is 129 Å². The molecular weight excluding hydrogens is 316 g/mol. The van der Waals surface area contributed by atoms with Gasteiger partial charge in [0.25, 0.3) is 0 Å². The van der Waals surface area contributed by atoms with Gasteiger partial charge < -0.3 is 10.5 Å². The molecule has 0 heterocycles. The minimum Gasteiger partial charge on any atom is -0.468 e. The highest BCUT2D eigenvalue weighted by Crippen LogP contribution is 2.26. The quantitative estimate of drug-likeness (QED) is 0.631. The lowest BCUT2D eigenvalue weighted by Crippen LogP contribution is -2.44. The molecule has 0 amide bonds. The minimum absolute atomic E-state index is 0.0925. The average molecular weight is 335 g/mol. The number of methoxy groups -OCH3 is 1. The molecule has 0 spiro atoms. The molecule has 1 atom stereocenters. The van der Waals surface area contributed by atoms with Crippen molar-refractivity contribution >= 4 is 33.3 Å². The molecule has 0 saturated carbocycles. The van der Waals surface area contributed by atoms with Gasteiger partial charge in [-0.15, -0.1) is 0 Å². The van der Waals surface area contributed by atoms with Crippen LogP contribution in [0.5, 0.6) is 0 Å². The fourth-order valence-electron chi connectivity index (χ4n) is 1.65. The lowest BCUT2D eigenvalue weighted by Gasteiger charge is -2.20. The Hall–Kier alpha value is -1.31. The molecule has 118 valence electrons. The molecule has 0 fully saturated rings. The standard InChI is InChI=1S/C13H19ClN2O4S/c1-7(2)12(13(17)20-4)16-21(18,19)9-5-10(14)8(3)11(15)6-9/h5-7,12,16H,15H2,1-4H3. The average Bonchev–Trinajstić information content (AvgIpc) is 2.40. The molecule has 6 nitrogen and oxygen atoms in total. The molecule has 1 aromatic rings. The van der Waals surface area contributed by atoms with Crippen LogP contribution in [0.4, 0.5) is 5.69 Å². The van der Waals surface area contributed by atoms with E-state index in [0.29, 0.717) is 5.56 Å². The maximum absolute atomic E-state index is 12.4. The number of carbonyl (C=O) groups is 1. The van der Waals surface area contributed by atoms with Crippen LogP contribution in [0.15, 0.2) is 17.0 Å². The second-order valence-corrected chi connectivity index (χ2v) is 7.11. The van der Waals surface area contributed by atoms with Crippen LogP contribution < -0.4 is 10.5 Å². The molecule has 1 unspecified atom stereocenters. The summed E-state index contributed by atoms with van der Waals surface area (Å²) in [6.45, 7) is 5.11. The van der Waals surface area contributed by atoms with Crippen molar-refractivity contribution in [3.8, 4) is 0 Å². The first kappa shape index (κ1) is 17.7. The zero-order chi connectivity index (χ0) is 16.4. The predicted octanol–water partition coefficient (Wildman–Crippen LogP) is 1.71. The van der Waals surface area contributed by atoms with Crippen molar-refractivity contribution in [2.24, 2.45) is 5.92 Å². The van der Waals surface area contributed by atoms with Gasteiger partial charge in [-0.3, -0.25) is 4.79 Å². The van der Waals surface area contributed by atoms with Crippen molar-refractivity contribution in [2.45, 2.75) is 31.7 Å². The molecule has 1 aromatic carbocycles. The number of nitrogens with one attached hydrogen (secondary N) is 1. The minimum atomic E-state index is -3.94. The fraction of sp³-hybridized carbons (Fsp3) is 0.462. The van der Waals surface area contributed by atoms with Crippen LogP contribution >= 0.6 is 11.6 Å². The number of hydrogen-bond donors (Lipinski definition) is 2. The van der Waals surface area contributed by atoms with E-state index in [9.17, 15) is 13.2 Å². The zero-order valence-corrected chi connectivity index (χ0v) is 13.9. The lowest BCUT2D eigenvalue weighted by atomic mass is 10.1. The van der Waals surface area contributed by atoms with Crippen LogP contribution in [0, 0.1) is 12.8 Å². The Morgan fingerprint density at radius 3 is 2.38 bits per heavy atom. The third-order valence-corrected chi connectivity index (χ3v) is 4.89. The molecule has 21 heavy (non-hydrogen) atoms. The summed E-state index contributed by atoms with van der Waals surface area (Å²) in [4.78, 5) is 11.6. The van der Waals surface area contributed by atoms with E-state index in [0.717, 1.165) is 0 Å². The largest absolute Gasteiger partial charge is 0.468 e. The van der Waals surface area contributed by atoms with Crippen molar-refractivity contribution in [3.63, 3.8) is 0 Å². The Morgan fingerprint density at radius 1 is 1.38 bits per heavy atom. The van der Waals surface area contributed by atoms with Crippen molar-refractivity contribution in [2.75, 3.05) is 12.8 Å². The summed E-state index contributed by atoms with van der Waals surface area (Å²) >= 11 is 5.95. The molecule has 0 saturated heterocycles. The number of sulfonamides is 1. The smallest absolute Gasteiger partial charge is 0.324 e. The van der Waals surface area contributed by atoms with E-state index >= 15 is 0 Å². The number of carbonyl (C=O) groups excluding carboxylic acids is 1. The SMILES string of the molecule is COC(=O)C(NS(=O)(=O)c1cc(N)c(C)c(Cl)c1)C(C)C. The first-order chi connectivity index (χ1) is 9.60. The Bertz CT molecular complexity index is 621. The molecule has 3 N–H and O–H groups in total. The molecule has 0 aliphatic rings. The normalized spacial score (nSPS) is 13.2. The Balaban J connectivity index is 3.19. The van der Waals surface area contributed by atoms with Gasteiger partial charge in [0.1, 0.15) is 6.04 Å². The van der Waals surface area contributed by atoms with Crippen molar-refractivity contribution < 1.29 is 17.9 Å². The number of halogens is 1. The van der Waals surface area contributed by atoms with Gasteiger partial charge in [0.05, 0.1) is 12.0 Å². The number of benzene rings is 1. The Morgan fingerprint density at radius 2 is 1.95 bits per heavy atom. The lowest BCUT2D eigenvalue weighted by molar-refractivity contribution is -0.143. The van der Waals surface area contributed by atoms with E-state index in [1.165, 1.54) is 19.2 Å². The monoisotopic (exact) mass is 334 g/mol. The van der Waals surface area contributed by atoms with E-state index in [2.05, 4.69) is 9.46 Å². The van der Waals surface area contributed by atoms with Gasteiger partial charge >= 0.3 is 5.97 Å². The van der Waals surface area contributed by atoms with Gasteiger partial charge in [-0.25, -0.2) is 8.42 Å². The number of esters is 1. The summed E-state index contributed by atoms with van der Waals surface area (Å²) < 4.78 is 31.6. The fourth-order valence-corrected chi connectivity index (χ4v) is 3.33. The number of ether oxygens (including phenoxy) is 1. The van der Waals surface area contributed by atoms with Gasteiger partial charge in [0.15, 0.2) is 0 Å². The highest BCUT2D eigenvalue weighted by molar-refractivity contribution is 7.89. The van der Waals surface area contributed by atoms with E-state index in [1.54, 1.807) is 20.8 Å². The molecule has 0 aliphatic carbocycles. The number of hydrogen-bond acceptors (Lipinski definition) is 5. The van der Waals surface area contributed by atoms with Crippen LogP contribution in [-0.2, 0) is 19.6 Å². The van der Waals surface area contributed by atoms with Gasteiger partial charge in [0.2, 0.25) is 10.0 Å². The summed E-state index contributed by atoms with van der Waals surface area (Å²) in [6, 6.07) is 1.61. The van der Waals surface area contributed by atoms with E-state index in [-0.39, 0.29) is 21.5 Å². The highest BCUT2D eigenvalue weighted by Gasteiger charge is 2.29. The molecule has 0 radical (unpaired) electrons. The summed E-state index contributed by atoms with van der Waals surface area (Å²) in [7, 11) is -2.74. The summed E-state index contributed by atoms with van der Waals surface area (Å²) in [5.74, 6) is -0.926. The third-order valence-electron chi connectivity index (χ3n) is 3.07. The highest BCUT2D eigenvalue weighted by atomic mass is 35.5. The summed E-state index contributed by atoms with van der Waals surface area (Å²) in [5, 5.41) is 0.245. The molecule has 0 aromatic heterocycles. The maximum Gasteiger partial charge on any atom is 0.324 e. The third kappa shape index (κ3) is 4.09. The van der Waals surface area contributed by atoms with Crippen LogP contribution in [-0.4, -0.2) is 27.5 Å². The number of anilines is 1. The van der Waals surface area contributed by atoms with Crippen molar-refractivity contribution in [1.82, 2.24) is 4.72 Å². The Kier molecular flexibility index (Phi) is 5.61. The molecule has 0 bridgehead atoms. The van der Waals surface area contributed by atoms with Crippen molar-refractivity contribution in [3.05, 3.63) is 22.7 Å². The van der Waals surface area contributed by atoms with Crippen LogP contribution in [0.25, 0.3) is 0 Å². The first-order valence-electron chi connectivity index (χ1n) is 6.26. The van der Waals surface area contributed by atoms with Gasteiger partial charge in [-0.05, 0) is 30.5 Å². The molecule has 8 heteroatoms. The first-order valence-corrected chi connectivity index (χ1v) is 8.12. The van der Waals surface area contributed by atoms with Crippen LogP contribution in [0.1, 0.15) is 19.4 Å². The maximum atomic E-state index is 12.4. The van der Waals surface area contributed by atoms with E-state index < -0.39 is 22.0 Å². The van der Waals surface area contributed by atoms with Gasteiger partial charge in [-0.1, -0.05) is 25.4 Å². The van der Waals surface area contributed by atoms with E-state index in [1.807, 2.05) is 0 Å². The number of nitrogens with two attached hydrogens (primary N) is 1. The van der Waals surface area contributed by atoms with Gasteiger partial charge in [0, 0.05) is 10.7 Å².